The maximum atomic E-state index is 12.8. The minimum atomic E-state index is -3.72. The van der Waals surface area contributed by atoms with Crippen LogP contribution in [0, 0.1) is 6.92 Å². The van der Waals surface area contributed by atoms with Gasteiger partial charge in [0.2, 0.25) is 0 Å². The van der Waals surface area contributed by atoms with Gasteiger partial charge in [-0.1, -0.05) is 30.3 Å². The Hall–Kier alpha value is -1.66. The third kappa shape index (κ3) is 2.18. The molecule has 0 amide bonds. The summed E-state index contributed by atoms with van der Waals surface area (Å²) < 4.78 is 50.0. The Morgan fingerprint density at radius 1 is 1.00 bits per heavy atom. The molecule has 1 aliphatic heterocycles. The lowest BCUT2D eigenvalue weighted by atomic mass is 10.1. The van der Waals surface area contributed by atoms with Crippen molar-refractivity contribution in [1.29, 1.82) is 0 Å². The molecule has 0 saturated heterocycles. The summed E-state index contributed by atoms with van der Waals surface area (Å²) in [5.41, 5.74) is 1.11. The van der Waals surface area contributed by atoms with Gasteiger partial charge in [-0.25, -0.2) is 16.8 Å². The molecular formula is C15H14O4S2. The lowest BCUT2D eigenvalue weighted by Gasteiger charge is -2.13. The molecule has 0 radical (unpaired) electrons. The molecule has 110 valence electrons. The number of hydrogen-bond acceptors (Lipinski definition) is 4. The molecule has 4 nitrogen and oxygen atoms in total. The monoisotopic (exact) mass is 322 g/mol. The first-order chi connectivity index (χ1) is 9.84. The Kier molecular flexibility index (Phi) is 3.18. The van der Waals surface area contributed by atoms with Crippen molar-refractivity contribution in [1.82, 2.24) is 0 Å². The Bertz CT molecular complexity index is 898. The SMILES string of the molecule is Cc1cccc2c1C(S(=O)(=O)c1ccccc1)CS2(=O)=O. The van der Waals surface area contributed by atoms with Crippen molar-refractivity contribution in [3.63, 3.8) is 0 Å². The van der Waals surface area contributed by atoms with Crippen LogP contribution in [-0.2, 0) is 19.7 Å². The normalized spacial score (nSPS) is 20.1. The molecule has 0 fully saturated rings. The zero-order valence-corrected chi connectivity index (χ0v) is 13.0. The Morgan fingerprint density at radius 2 is 1.67 bits per heavy atom. The molecular weight excluding hydrogens is 308 g/mol. The molecule has 0 aliphatic carbocycles. The average Bonchev–Trinajstić information content (AvgIpc) is 2.74. The van der Waals surface area contributed by atoms with E-state index in [0.717, 1.165) is 0 Å². The summed E-state index contributed by atoms with van der Waals surface area (Å²) >= 11 is 0. The first-order valence-electron chi connectivity index (χ1n) is 6.45. The van der Waals surface area contributed by atoms with Crippen LogP contribution >= 0.6 is 0 Å². The van der Waals surface area contributed by atoms with Gasteiger partial charge in [0.05, 0.1) is 15.5 Å². The molecule has 1 atom stereocenters. The molecule has 6 heteroatoms. The number of hydrogen-bond donors (Lipinski definition) is 0. The fraction of sp³-hybridized carbons (Fsp3) is 0.200. The number of sulfone groups is 2. The van der Waals surface area contributed by atoms with E-state index in [4.69, 9.17) is 0 Å². The maximum Gasteiger partial charge on any atom is 0.186 e. The van der Waals surface area contributed by atoms with E-state index in [0.29, 0.717) is 11.1 Å². The number of aryl methyl sites for hydroxylation is 1. The zero-order valence-electron chi connectivity index (χ0n) is 11.4. The van der Waals surface area contributed by atoms with E-state index in [-0.39, 0.29) is 15.5 Å². The molecule has 21 heavy (non-hydrogen) atoms. The van der Waals surface area contributed by atoms with Crippen molar-refractivity contribution >= 4 is 19.7 Å². The molecule has 1 aliphatic rings. The van der Waals surface area contributed by atoms with Gasteiger partial charge < -0.3 is 0 Å². The zero-order chi connectivity index (χ0) is 15.3. The van der Waals surface area contributed by atoms with Crippen LogP contribution in [0.3, 0.4) is 0 Å². The summed E-state index contributed by atoms with van der Waals surface area (Å²) in [6.07, 6.45) is 0. The highest BCUT2D eigenvalue weighted by molar-refractivity contribution is 7.96. The van der Waals surface area contributed by atoms with Crippen LogP contribution < -0.4 is 0 Å². The standard InChI is InChI=1S/C15H14O4S2/c1-11-6-5-9-13-15(11)14(10-20(13,16)17)21(18,19)12-7-3-2-4-8-12/h2-9,14H,10H2,1H3. The molecule has 3 rings (SSSR count). The van der Waals surface area contributed by atoms with Crippen LogP contribution in [-0.4, -0.2) is 22.6 Å². The Labute approximate surface area is 124 Å². The van der Waals surface area contributed by atoms with E-state index in [2.05, 4.69) is 0 Å². The van der Waals surface area contributed by atoms with Gasteiger partial charge in [-0.15, -0.1) is 0 Å². The average molecular weight is 322 g/mol. The predicted octanol–water partition coefficient (Wildman–Crippen LogP) is 2.30. The van der Waals surface area contributed by atoms with Crippen LogP contribution in [0.2, 0.25) is 0 Å². The number of benzene rings is 2. The third-order valence-corrected chi connectivity index (χ3v) is 7.85. The highest BCUT2D eigenvalue weighted by Gasteiger charge is 2.43. The lowest BCUT2D eigenvalue weighted by molar-refractivity contribution is 0.582. The van der Waals surface area contributed by atoms with Crippen LogP contribution in [0.4, 0.5) is 0 Å². The Morgan fingerprint density at radius 3 is 2.33 bits per heavy atom. The number of rotatable bonds is 2. The highest BCUT2D eigenvalue weighted by Crippen LogP contribution is 2.42. The molecule has 0 saturated carbocycles. The van der Waals surface area contributed by atoms with Crippen molar-refractivity contribution in [3.05, 3.63) is 59.7 Å². The van der Waals surface area contributed by atoms with Gasteiger partial charge >= 0.3 is 0 Å². The summed E-state index contributed by atoms with van der Waals surface area (Å²) in [5, 5.41) is -1.03. The van der Waals surface area contributed by atoms with Gasteiger partial charge in [-0.2, -0.15) is 0 Å². The Balaban J connectivity index is 2.24. The van der Waals surface area contributed by atoms with Crippen LogP contribution in [0.1, 0.15) is 16.4 Å². The molecule has 2 aromatic carbocycles. The summed E-state index contributed by atoms with van der Waals surface area (Å²) in [6.45, 7) is 1.74. The second kappa shape index (κ2) is 4.68. The fourth-order valence-corrected chi connectivity index (χ4v) is 7.21. The summed E-state index contributed by atoms with van der Waals surface area (Å²) in [5.74, 6) is -0.385. The van der Waals surface area contributed by atoms with Gasteiger partial charge in [0.1, 0.15) is 5.25 Å². The molecule has 0 N–H and O–H groups in total. The molecule has 0 bridgehead atoms. The molecule has 2 aromatic rings. The smallest absolute Gasteiger partial charge is 0.186 e. The van der Waals surface area contributed by atoms with Crippen molar-refractivity contribution in [2.45, 2.75) is 22.0 Å². The van der Waals surface area contributed by atoms with Crippen LogP contribution in [0.5, 0.6) is 0 Å². The highest BCUT2D eigenvalue weighted by atomic mass is 32.2. The van der Waals surface area contributed by atoms with E-state index in [1.54, 1.807) is 37.3 Å². The predicted molar refractivity (Wildman–Crippen MR) is 79.6 cm³/mol. The van der Waals surface area contributed by atoms with Crippen molar-refractivity contribution in [3.8, 4) is 0 Å². The topological polar surface area (TPSA) is 68.3 Å². The van der Waals surface area contributed by atoms with Crippen LogP contribution in [0.25, 0.3) is 0 Å². The molecule has 0 spiro atoms. The third-order valence-electron chi connectivity index (χ3n) is 3.76. The van der Waals surface area contributed by atoms with Gasteiger partial charge in [0.15, 0.2) is 19.7 Å². The van der Waals surface area contributed by atoms with Gasteiger partial charge in [-0.3, -0.25) is 0 Å². The van der Waals surface area contributed by atoms with E-state index in [1.807, 2.05) is 0 Å². The fourth-order valence-electron chi connectivity index (χ4n) is 2.73. The van der Waals surface area contributed by atoms with Gasteiger partial charge in [-0.05, 0) is 36.2 Å². The summed E-state index contributed by atoms with van der Waals surface area (Å²) in [6, 6.07) is 12.9. The molecule has 0 aromatic heterocycles. The van der Waals surface area contributed by atoms with E-state index >= 15 is 0 Å². The van der Waals surface area contributed by atoms with Gasteiger partial charge in [0.25, 0.3) is 0 Å². The molecule has 1 heterocycles. The summed E-state index contributed by atoms with van der Waals surface area (Å²) in [4.78, 5) is 0.299. The molecule has 1 unspecified atom stereocenters. The first-order valence-corrected chi connectivity index (χ1v) is 9.65. The van der Waals surface area contributed by atoms with E-state index in [1.165, 1.54) is 18.2 Å². The second-order valence-corrected chi connectivity index (χ2v) is 9.25. The largest absolute Gasteiger partial charge is 0.224 e. The van der Waals surface area contributed by atoms with E-state index < -0.39 is 24.9 Å². The minimum absolute atomic E-state index is 0.145. The van der Waals surface area contributed by atoms with Crippen molar-refractivity contribution in [2.75, 3.05) is 5.75 Å². The van der Waals surface area contributed by atoms with Crippen LogP contribution in [0.15, 0.2) is 58.3 Å². The quantitative estimate of drug-likeness (QED) is 0.851. The second-order valence-electron chi connectivity index (χ2n) is 5.11. The van der Waals surface area contributed by atoms with Crippen molar-refractivity contribution < 1.29 is 16.8 Å². The summed E-state index contributed by atoms with van der Waals surface area (Å²) in [7, 11) is -7.27. The van der Waals surface area contributed by atoms with Gasteiger partial charge in [0, 0.05) is 0 Å². The maximum absolute atomic E-state index is 12.8. The minimum Gasteiger partial charge on any atom is -0.224 e. The van der Waals surface area contributed by atoms with E-state index in [9.17, 15) is 16.8 Å². The lowest BCUT2D eigenvalue weighted by Crippen LogP contribution is -2.16. The first kappa shape index (κ1) is 14.3. The number of fused-ring (bicyclic) bond motifs is 1. The van der Waals surface area contributed by atoms with Crippen molar-refractivity contribution in [2.24, 2.45) is 0 Å².